The first-order valence-electron chi connectivity index (χ1n) is 9.26. The average molecular weight is 436 g/mol. The molecule has 2 unspecified atom stereocenters. The Hall–Kier alpha value is -3.14. The number of carbonyl (C=O) groups excluding carboxylic acids is 1. The normalized spacial score (nSPS) is 13.2. The van der Waals surface area contributed by atoms with E-state index in [-0.39, 0.29) is 17.4 Å². The molecule has 10 heteroatoms. The molecule has 0 aromatic heterocycles. The van der Waals surface area contributed by atoms with Gasteiger partial charge in [0.05, 0.1) is 30.0 Å². The predicted octanol–water partition coefficient (Wildman–Crippen LogP) is 3.03. The third kappa shape index (κ3) is 5.47. The van der Waals surface area contributed by atoms with E-state index < -0.39 is 26.9 Å². The summed E-state index contributed by atoms with van der Waals surface area (Å²) < 4.78 is 30.9. The van der Waals surface area contributed by atoms with Crippen LogP contribution >= 0.6 is 0 Å². The summed E-state index contributed by atoms with van der Waals surface area (Å²) in [6, 6.07) is 10.9. The van der Waals surface area contributed by atoms with Gasteiger partial charge in [0.25, 0.3) is 5.69 Å². The SMILES string of the molecule is CCC(NC(=O)C(C)N(c1cccc([N+](=O)[O-])c1)S(C)(=O)=O)c1ccc(OC)cc1. The fourth-order valence-electron chi connectivity index (χ4n) is 3.10. The molecular formula is C20H25N3O6S. The molecule has 162 valence electrons. The summed E-state index contributed by atoms with van der Waals surface area (Å²) in [6.45, 7) is 3.34. The highest BCUT2D eigenvalue weighted by Gasteiger charge is 2.31. The molecule has 1 N–H and O–H groups in total. The highest BCUT2D eigenvalue weighted by atomic mass is 32.2. The van der Waals surface area contributed by atoms with Gasteiger partial charge in [-0.2, -0.15) is 0 Å². The largest absolute Gasteiger partial charge is 0.497 e. The number of amides is 1. The van der Waals surface area contributed by atoms with Gasteiger partial charge in [-0.25, -0.2) is 8.42 Å². The smallest absolute Gasteiger partial charge is 0.271 e. The lowest BCUT2D eigenvalue weighted by Gasteiger charge is -2.29. The van der Waals surface area contributed by atoms with Crippen molar-refractivity contribution in [1.29, 1.82) is 0 Å². The standard InChI is InChI=1S/C20H25N3O6S/c1-5-19(15-9-11-18(29-3)12-10-15)21-20(24)14(2)22(30(4,27)28)16-7-6-8-17(13-16)23(25)26/h6-14,19H,5H2,1-4H3,(H,21,24). The van der Waals surface area contributed by atoms with E-state index in [1.165, 1.54) is 25.1 Å². The number of sulfonamides is 1. The third-order valence-electron chi connectivity index (χ3n) is 4.63. The zero-order valence-corrected chi connectivity index (χ0v) is 18.0. The number of nitro benzene ring substituents is 1. The molecule has 2 atom stereocenters. The van der Waals surface area contributed by atoms with Crippen LogP contribution in [0.4, 0.5) is 11.4 Å². The maximum atomic E-state index is 12.9. The third-order valence-corrected chi connectivity index (χ3v) is 5.87. The van der Waals surface area contributed by atoms with Crippen LogP contribution in [0, 0.1) is 10.1 Å². The Morgan fingerprint density at radius 2 is 1.87 bits per heavy atom. The highest BCUT2D eigenvalue weighted by Crippen LogP contribution is 2.26. The van der Waals surface area contributed by atoms with Gasteiger partial charge in [-0.1, -0.05) is 25.1 Å². The topological polar surface area (TPSA) is 119 Å². The minimum Gasteiger partial charge on any atom is -0.497 e. The fourth-order valence-corrected chi connectivity index (χ4v) is 4.27. The van der Waals surface area contributed by atoms with Crippen molar-refractivity contribution in [3.63, 3.8) is 0 Å². The lowest BCUT2D eigenvalue weighted by molar-refractivity contribution is -0.384. The maximum absolute atomic E-state index is 12.9. The van der Waals surface area contributed by atoms with Crippen molar-refractivity contribution in [2.24, 2.45) is 0 Å². The number of non-ortho nitro benzene ring substituents is 1. The van der Waals surface area contributed by atoms with E-state index in [1.807, 2.05) is 19.1 Å². The number of nitro groups is 1. The lowest BCUT2D eigenvalue weighted by atomic mass is 10.0. The summed E-state index contributed by atoms with van der Waals surface area (Å²) in [5.41, 5.74) is 0.630. The van der Waals surface area contributed by atoms with Crippen LogP contribution in [0.1, 0.15) is 31.9 Å². The Balaban J connectivity index is 2.30. The van der Waals surface area contributed by atoms with Gasteiger partial charge in [0, 0.05) is 12.1 Å². The Labute approximate surface area is 175 Å². The first-order chi connectivity index (χ1) is 14.1. The molecule has 0 radical (unpaired) electrons. The van der Waals surface area contributed by atoms with Crippen LogP contribution in [0.2, 0.25) is 0 Å². The summed E-state index contributed by atoms with van der Waals surface area (Å²) in [5.74, 6) is 0.164. The van der Waals surface area contributed by atoms with Crippen molar-refractivity contribution in [3.8, 4) is 5.75 Å². The molecule has 0 aliphatic carbocycles. The van der Waals surface area contributed by atoms with Crippen LogP contribution in [-0.4, -0.2) is 38.7 Å². The van der Waals surface area contributed by atoms with Crippen molar-refractivity contribution in [2.75, 3.05) is 17.7 Å². The second-order valence-electron chi connectivity index (χ2n) is 6.75. The van der Waals surface area contributed by atoms with Crippen molar-refractivity contribution in [3.05, 3.63) is 64.2 Å². The average Bonchev–Trinajstić information content (AvgIpc) is 2.71. The predicted molar refractivity (Wildman–Crippen MR) is 114 cm³/mol. The van der Waals surface area contributed by atoms with E-state index in [0.29, 0.717) is 12.2 Å². The summed E-state index contributed by atoms with van der Waals surface area (Å²) in [5, 5.41) is 13.9. The lowest BCUT2D eigenvalue weighted by Crippen LogP contribution is -2.48. The summed E-state index contributed by atoms with van der Waals surface area (Å²) in [4.78, 5) is 23.4. The summed E-state index contributed by atoms with van der Waals surface area (Å²) >= 11 is 0. The maximum Gasteiger partial charge on any atom is 0.271 e. The van der Waals surface area contributed by atoms with Crippen LogP contribution in [0.5, 0.6) is 5.75 Å². The van der Waals surface area contributed by atoms with Gasteiger partial charge < -0.3 is 10.1 Å². The quantitative estimate of drug-likeness (QED) is 0.478. The Kier molecular flexibility index (Phi) is 7.38. The molecule has 0 bridgehead atoms. The molecule has 2 aromatic carbocycles. The molecular weight excluding hydrogens is 410 g/mol. The van der Waals surface area contributed by atoms with Gasteiger partial charge in [-0.3, -0.25) is 19.2 Å². The molecule has 0 saturated carbocycles. The minimum absolute atomic E-state index is 0.0480. The number of rotatable bonds is 9. The van der Waals surface area contributed by atoms with Crippen molar-refractivity contribution in [1.82, 2.24) is 5.32 Å². The number of methoxy groups -OCH3 is 1. The second kappa shape index (κ2) is 9.57. The Morgan fingerprint density at radius 1 is 1.23 bits per heavy atom. The summed E-state index contributed by atoms with van der Waals surface area (Å²) in [6.07, 6.45) is 1.54. The van der Waals surface area contributed by atoms with Crippen LogP contribution in [0.25, 0.3) is 0 Å². The van der Waals surface area contributed by atoms with E-state index in [1.54, 1.807) is 19.2 Å². The van der Waals surface area contributed by atoms with E-state index in [2.05, 4.69) is 5.32 Å². The number of anilines is 1. The Bertz CT molecular complexity index is 1010. The van der Waals surface area contributed by atoms with Gasteiger partial charge in [-0.05, 0) is 37.1 Å². The molecule has 0 saturated heterocycles. The van der Waals surface area contributed by atoms with Crippen molar-refractivity contribution < 1.29 is 22.9 Å². The fraction of sp³-hybridized carbons (Fsp3) is 0.350. The second-order valence-corrected chi connectivity index (χ2v) is 8.61. The van der Waals surface area contributed by atoms with Gasteiger partial charge in [0.2, 0.25) is 15.9 Å². The molecule has 0 spiro atoms. The van der Waals surface area contributed by atoms with E-state index in [4.69, 9.17) is 4.74 Å². The number of hydrogen-bond donors (Lipinski definition) is 1. The molecule has 9 nitrogen and oxygen atoms in total. The molecule has 0 aliphatic rings. The molecule has 0 aliphatic heterocycles. The number of hydrogen-bond acceptors (Lipinski definition) is 6. The number of nitrogens with one attached hydrogen (secondary N) is 1. The van der Waals surface area contributed by atoms with Gasteiger partial charge in [0.15, 0.2) is 0 Å². The Morgan fingerprint density at radius 3 is 2.37 bits per heavy atom. The van der Waals surface area contributed by atoms with Crippen molar-refractivity contribution in [2.45, 2.75) is 32.4 Å². The van der Waals surface area contributed by atoms with E-state index in [0.717, 1.165) is 22.2 Å². The first-order valence-corrected chi connectivity index (χ1v) is 11.1. The van der Waals surface area contributed by atoms with Gasteiger partial charge >= 0.3 is 0 Å². The van der Waals surface area contributed by atoms with E-state index in [9.17, 15) is 23.3 Å². The zero-order valence-electron chi connectivity index (χ0n) is 17.2. The van der Waals surface area contributed by atoms with Gasteiger partial charge in [0.1, 0.15) is 11.8 Å². The minimum atomic E-state index is -3.89. The molecule has 30 heavy (non-hydrogen) atoms. The molecule has 2 aromatic rings. The summed E-state index contributed by atoms with van der Waals surface area (Å²) in [7, 11) is -2.33. The zero-order chi connectivity index (χ0) is 22.5. The first kappa shape index (κ1) is 23.1. The number of benzene rings is 2. The number of carbonyl (C=O) groups is 1. The molecule has 2 rings (SSSR count). The van der Waals surface area contributed by atoms with Crippen LogP contribution in [0.15, 0.2) is 48.5 Å². The molecule has 0 heterocycles. The van der Waals surface area contributed by atoms with Gasteiger partial charge in [-0.15, -0.1) is 0 Å². The van der Waals surface area contributed by atoms with Crippen LogP contribution in [-0.2, 0) is 14.8 Å². The monoisotopic (exact) mass is 435 g/mol. The van der Waals surface area contributed by atoms with E-state index >= 15 is 0 Å². The van der Waals surface area contributed by atoms with Crippen LogP contribution in [0.3, 0.4) is 0 Å². The molecule has 0 fully saturated rings. The highest BCUT2D eigenvalue weighted by molar-refractivity contribution is 7.92. The number of nitrogens with zero attached hydrogens (tertiary/aromatic N) is 2. The van der Waals surface area contributed by atoms with Crippen molar-refractivity contribution >= 4 is 27.3 Å². The molecule has 1 amide bonds. The van der Waals surface area contributed by atoms with Crippen LogP contribution < -0.4 is 14.4 Å². The number of ether oxygens (including phenoxy) is 1.